The third-order valence-electron chi connectivity index (χ3n) is 1.34. The van der Waals surface area contributed by atoms with Crippen molar-refractivity contribution in [2.75, 3.05) is 21.3 Å². The van der Waals surface area contributed by atoms with Crippen molar-refractivity contribution < 1.29 is 18.1 Å². The molecule has 14 heavy (non-hydrogen) atoms. The molecular weight excluding hydrogens is 200 g/mol. The van der Waals surface area contributed by atoms with Crippen LogP contribution in [0.25, 0.3) is 0 Å². The van der Waals surface area contributed by atoms with Crippen LogP contribution in [0.2, 0.25) is 0 Å². The van der Waals surface area contributed by atoms with Crippen molar-refractivity contribution in [1.82, 2.24) is 0 Å². The summed E-state index contributed by atoms with van der Waals surface area (Å²) in [6.45, 7) is 5.30. The summed E-state index contributed by atoms with van der Waals surface area (Å²) >= 11 is 0. The second-order valence-corrected chi connectivity index (χ2v) is 4.88. The lowest BCUT2D eigenvalue weighted by molar-refractivity contribution is 0.138. The molecule has 0 saturated heterocycles. The highest BCUT2D eigenvalue weighted by atomic mass is 28.4. The molecule has 0 aromatic carbocycles. The van der Waals surface area contributed by atoms with Crippen molar-refractivity contribution in [2.24, 2.45) is 0 Å². The highest BCUT2D eigenvalue weighted by Crippen LogP contribution is 2.04. The van der Waals surface area contributed by atoms with E-state index in [1.807, 2.05) is 0 Å². The van der Waals surface area contributed by atoms with Crippen LogP contribution in [0, 0.1) is 0 Å². The molecule has 0 aliphatic heterocycles. The SMILES string of the molecule is C=C[Si](OC)(OC)OC.CC=C[C]=O. The van der Waals surface area contributed by atoms with Crippen LogP contribution in [0.4, 0.5) is 0 Å². The first-order chi connectivity index (χ1) is 6.66. The molecule has 4 nitrogen and oxygen atoms in total. The molecular formula is C9H17O4Si. The monoisotopic (exact) mass is 217 g/mol. The Morgan fingerprint density at radius 1 is 1.21 bits per heavy atom. The zero-order chi connectivity index (χ0) is 11.4. The molecule has 0 atom stereocenters. The number of rotatable bonds is 5. The molecule has 0 aromatic heterocycles. The van der Waals surface area contributed by atoms with E-state index >= 15 is 0 Å². The van der Waals surface area contributed by atoms with Gasteiger partial charge in [0.1, 0.15) is 0 Å². The van der Waals surface area contributed by atoms with E-state index in [-0.39, 0.29) is 0 Å². The fourth-order valence-electron chi connectivity index (χ4n) is 0.568. The minimum Gasteiger partial charge on any atom is -0.374 e. The minimum atomic E-state index is -2.43. The Morgan fingerprint density at radius 3 is 1.64 bits per heavy atom. The van der Waals surface area contributed by atoms with Gasteiger partial charge in [-0.3, -0.25) is 4.79 Å². The van der Waals surface area contributed by atoms with E-state index < -0.39 is 8.80 Å². The maximum Gasteiger partial charge on any atom is 0.528 e. The van der Waals surface area contributed by atoms with Gasteiger partial charge in [0.2, 0.25) is 6.29 Å². The highest BCUT2D eigenvalue weighted by Gasteiger charge is 2.33. The van der Waals surface area contributed by atoms with Gasteiger partial charge in [-0.05, 0) is 18.7 Å². The fourth-order valence-corrected chi connectivity index (χ4v) is 1.57. The first-order valence-electron chi connectivity index (χ1n) is 3.94. The normalized spacial score (nSPS) is 10.6. The van der Waals surface area contributed by atoms with Crippen molar-refractivity contribution >= 4 is 15.1 Å². The van der Waals surface area contributed by atoms with Gasteiger partial charge in [-0.15, -0.1) is 0 Å². The second kappa shape index (κ2) is 10.3. The largest absolute Gasteiger partial charge is 0.528 e. The van der Waals surface area contributed by atoms with Crippen LogP contribution in [0.15, 0.2) is 24.4 Å². The van der Waals surface area contributed by atoms with Crippen molar-refractivity contribution in [2.45, 2.75) is 6.92 Å². The molecule has 0 aromatic rings. The molecule has 0 heterocycles. The van der Waals surface area contributed by atoms with E-state index in [1.165, 1.54) is 6.08 Å². The Bertz CT molecular complexity index is 167. The predicted octanol–water partition coefficient (Wildman–Crippen LogP) is 1.26. The average Bonchev–Trinajstić information content (AvgIpc) is 2.24. The molecule has 0 amide bonds. The van der Waals surface area contributed by atoms with Crippen LogP contribution in [-0.4, -0.2) is 36.4 Å². The smallest absolute Gasteiger partial charge is 0.374 e. The molecule has 0 saturated carbocycles. The van der Waals surface area contributed by atoms with Gasteiger partial charge in [-0.1, -0.05) is 12.7 Å². The van der Waals surface area contributed by atoms with Gasteiger partial charge in [0.25, 0.3) is 0 Å². The molecule has 0 N–H and O–H groups in total. The van der Waals surface area contributed by atoms with E-state index in [0.29, 0.717) is 0 Å². The molecule has 0 bridgehead atoms. The summed E-state index contributed by atoms with van der Waals surface area (Å²) in [5.74, 6) is 0. The Balaban J connectivity index is 0. The quantitative estimate of drug-likeness (QED) is 0.514. The van der Waals surface area contributed by atoms with Crippen molar-refractivity contribution in [3.63, 3.8) is 0 Å². The minimum absolute atomic E-state index is 1.32. The summed E-state index contributed by atoms with van der Waals surface area (Å²) in [6, 6.07) is 0. The van der Waals surface area contributed by atoms with Gasteiger partial charge in [-0.25, -0.2) is 0 Å². The van der Waals surface area contributed by atoms with E-state index in [1.54, 1.807) is 46.3 Å². The van der Waals surface area contributed by atoms with Crippen LogP contribution >= 0.6 is 0 Å². The van der Waals surface area contributed by atoms with Crippen molar-refractivity contribution in [3.8, 4) is 0 Å². The number of hydrogen-bond acceptors (Lipinski definition) is 4. The Kier molecular flexibility index (Phi) is 11.6. The van der Waals surface area contributed by atoms with Gasteiger partial charge in [-0.2, -0.15) is 0 Å². The van der Waals surface area contributed by atoms with E-state index in [9.17, 15) is 4.79 Å². The molecule has 0 aliphatic carbocycles. The van der Waals surface area contributed by atoms with Gasteiger partial charge >= 0.3 is 8.80 Å². The lowest BCUT2D eigenvalue weighted by atomic mass is 10.6. The maximum atomic E-state index is 9.19. The van der Waals surface area contributed by atoms with Crippen molar-refractivity contribution in [3.05, 3.63) is 24.4 Å². The lowest BCUT2D eigenvalue weighted by Gasteiger charge is -2.19. The molecule has 0 unspecified atom stereocenters. The van der Waals surface area contributed by atoms with E-state index in [2.05, 4.69) is 6.58 Å². The molecule has 5 heteroatoms. The van der Waals surface area contributed by atoms with Crippen LogP contribution in [0.1, 0.15) is 6.92 Å². The summed E-state index contributed by atoms with van der Waals surface area (Å²) in [4.78, 5) is 9.19. The Hall–Kier alpha value is -0.753. The molecule has 81 valence electrons. The topological polar surface area (TPSA) is 44.8 Å². The Morgan fingerprint density at radius 2 is 1.64 bits per heavy atom. The van der Waals surface area contributed by atoms with Crippen LogP contribution in [0.5, 0.6) is 0 Å². The molecule has 0 aliphatic rings. The standard InChI is InChI=1S/C5H12O3Si.C4H5O/c1-5-9(6-2,7-3)8-4;1-2-3-4-5/h5H,1H2,2-4H3;2-3H,1H3. The average molecular weight is 217 g/mol. The number of hydrogen-bond donors (Lipinski definition) is 0. The van der Waals surface area contributed by atoms with Crippen LogP contribution < -0.4 is 0 Å². The van der Waals surface area contributed by atoms with Crippen LogP contribution in [-0.2, 0) is 18.1 Å². The lowest BCUT2D eigenvalue weighted by Crippen LogP contribution is -2.40. The molecule has 1 radical (unpaired) electrons. The summed E-state index contributed by atoms with van der Waals surface area (Å²) in [6.07, 6.45) is 4.54. The molecule has 0 rings (SSSR count). The first-order valence-corrected chi connectivity index (χ1v) is 5.74. The summed E-state index contributed by atoms with van der Waals surface area (Å²) in [5, 5.41) is 0. The fraction of sp³-hybridized carbons (Fsp3) is 0.444. The summed E-state index contributed by atoms with van der Waals surface area (Å²) in [7, 11) is 2.20. The first kappa shape index (κ1) is 15.7. The summed E-state index contributed by atoms with van der Waals surface area (Å²) in [5.41, 5.74) is 1.58. The predicted molar refractivity (Wildman–Crippen MR) is 57.5 cm³/mol. The zero-order valence-corrected chi connectivity index (χ0v) is 10.1. The van der Waals surface area contributed by atoms with Gasteiger partial charge in [0.15, 0.2) is 0 Å². The third kappa shape index (κ3) is 6.73. The number of allylic oxidation sites excluding steroid dienone is 2. The van der Waals surface area contributed by atoms with E-state index in [4.69, 9.17) is 13.3 Å². The Labute approximate surface area is 86.5 Å². The molecule has 0 fully saturated rings. The van der Waals surface area contributed by atoms with Crippen LogP contribution in [0.3, 0.4) is 0 Å². The number of carbonyl (C=O) groups excluding carboxylic acids is 1. The van der Waals surface area contributed by atoms with Crippen molar-refractivity contribution in [1.29, 1.82) is 0 Å². The molecule has 0 spiro atoms. The van der Waals surface area contributed by atoms with Gasteiger partial charge < -0.3 is 13.3 Å². The second-order valence-electron chi connectivity index (χ2n) is 2.04. The zero-order valence-electron chi connectivity index (χ0n) is 9.07. The van der Waals surface area contributed by atoms with Gasteiger partial charge in [0.05, 0.1) is 0 Å². The van der Waals surface area contributed by atoms with Gasteiger partial charge in [0, 0.05) is 21.3 Å². The maximum absolute atomic E-state index is 9.19. The van der Waals surface area contributed by atoms with E-state index in [0.717, 1.165) is 0 Å². The third-order valence-corrected chi connectivity index (χ3v) is 3.55. The summed E-state index contributed by atoms with van der Waals surface area (Å²) < 4.78 is 14.9. The highest BCUT2D eigenvalue weighted by molar-refractivity contribution is 6.66.